The van der Waals surface area contributed by atoms with E-state index in [0.717, 1.165) is 12.5 Å². The molecule has 0 aliphatic heterocycles. The van der Waals surface area contributed by atoms with Crippen LogP contribution >= 0.6 is 0 Å². The Hall–Kier alpha value is -0.990. The summed E-state index contributed by atoms with van der Waals surface area (Å²) in [5, 5.41) is 3.40. The number of hydrogen-bond acceptors (Lipinski definition) is 2. The molecule has 1 unspecified atom stereocenters. The largest absolute Gasteiger partial charge is 0.355 e. The van der Waals surface area contributed by atoms with Gasteiger partial charge in [-0.15, -0.1) is 0 Å². The van der Waals surface area contributed by atoms with Crippen molar-refractivity contribution in [2.24, 2.45) is 11.3 Å². The van der Waals surface area contributed by atoms with Gasteiger partial charge in [0.2, 0.25) is 5.95 Å². The second-order valence-electron chi connectivity index (χ2n) is 5.97. The topological polar surface area (TPSA) is 29.9 Å². The van der Waals surface area contributed by atoms with Gasteiger partial charge in [-0.2, -0.15) is 0 Å². The van der Waals surface area contributed by atoms with Gasteiger partial charge in [0, 0.05) is 25.0 Å². The molecule has 1 atom stereocenters. The van der Waals surface area contributed by atoms with Gasteiger partial charge in [0.25, 0.3) is 0 Å². The maximum absolute atomic E-state index is 4.37. The molecule has 16 heavy (non-hydrogen) atoms. The van der Waals surface area contributed by atoms with Crippen LogP contribution in [0.1, 0.15) is 47.6 Å². The van der Waals surface area contributed by atoms with Crippen LogP contribution in [0.3, 0.4) is 0 Å². The van der Waals surface area contributed by atoms with E-state index in [0.29, 0.717) is 12.0 Å². The van der Waals surface area contributed by atoms with E-state index in [4.69, 9.17) is 0 Å². The summed E-state index contributed by atoms with van der Waals surface area (Å²) < 4.78 is 2.22. The van der Waals surface area contributed by atoms with Crippen molar-refractivity contribution in [3.8, 4) is 0 Å². The molecule has 3 nitrogen and oxygen atoms in total. The van der Waals surface area contributed by atoms with Gasteiger partial charge in [0.1, 0.15) is 0 Å². The van der Waals surface area contributed by atoms with Crippen molar-refractivity contribution >= 4 is 5.95 Å². The summed E-state index contributed by atoms with van der Waals surface area (Å²) >= 11 is 0. The van der Waals surface area contributed by atoms with E-state index in [1.54, 1.807) is 0 Å². The van der Waals surface area contributed by atoms with Crippen molar-refractivity contribution in [2.75, 3.05) is 11.9 Å². The predicted octanol–water partition coefficient (Wildman–Crippen LogP) is 3.56. The first-order chi connectivity index (χ1) is 7.32. The standard InChI is InChI=1S/C13H25N3/c1-10(2)9-15-12-14-7-8-16(12)11(3)13(4,5)6/h7-8,10-11H,9H2,1-6H3,(H,14,15). The number of imidazole rings is 1. The second-order valence-corrected chi connectivity index (χ2v) is 5.97. The molecule has 1 N–H and O–H groups in total. The molecule has 3 heteroatoms. The number of hydrogen-bond donors (Lipinski definition) is 1. The fourth-order valence-corrected chi connectivity index (χ4v) is 1.48. The molecule has 0 bridgehead atoms. The minimum Gasteiger partial charge on any atom is -0.355 e. The van der Waals surface area contributed by atoms with Crippen LogP contribution in [-0.2, 0) is 0 Å². The average molecular weight is 223 g/mol. The Labute approximate surface area is 99.3 Å². The van der Waals surface area contributed by atoms with Crippen molar-refractivity contribution in [2.45, 2.75) is 47.6 Å². The lowest BCUT2D eigenvalue weighted by molar-refractivity contribution is 0.264. The highest BCUT2D eigenvalue weighted by Crippen LogP contribution is 2.31. The summed E-state index contributed by atoms with van der Waals surface area (Å²) in [5.41, 5.74) is 0.245. The fourth-order valence-electron chi connectivity index (χ4n) is 1.48. The fraction of sp³-hybridized carbons (Fsp3) is 0.769. The Balaban J connectivity index is 2.78. The molecule has 0 aromatic carbocycles. The zero-order valence-corrected chi connectivity index (χ0v) is 11.4. The molecule has 0 saturated heterocycles. The van der Waals surface area contributed by atoms with Gasteiger partial charge >= 0.3 is 0 Å². The quantitative estimate of drug-likeness (QED) is 0.846. The van der Waals surface area contributed by atoms with E-state index in [2.05, 4.69) is 62.6 Å². The van der Waals surface area contributed by atoms with Crippen molar-refractivity contribution in [1.29, 1.82) is 0 Å². The van der Waals surface area contributed by atoms with Crippen LogP contribution in [0.5, 0.6) is 0 Å². The summed E-state index contributed by atoms with van der Waals surface area (Å²) in [6.07, 6.45) is 3.92. The predicted molar refractivity (Wildman–Crippen MR) is 69.7 cm³/mol. The lowest BCUT2D eigenvalue weighted by atomic mass is 9.88. The molecule has 0 radical (unpaired) electrons. The Kier molecular flexibility index (Phi) is 4.00. The summed E-state index contributed by atoms with van der Waals surface area (Å²) in [5.74, 6) is 1.62. The molecule has 1 heterocycles. The normalized spacial score (nSPS) is 14.2. The zero-order chi connectivity index (χ0) is 12.3. The number of aromatic nitrogens is 2. The molecule has 1 aromatic heterocycles. The lowest BCUT2D eigenvalue weighted by Gasteiger charge is -2.29. The Morgan fingerprint density at radius 2 is 1.94 bits per heavy atom. The van der Waals surface area contributed by atoms with E-state index in [1.807, 2.05) is 6.20 Å². The molecule has 92 valence electrons. The SMILES string of the molecule is CC(C)CNc1nccn1C(C)C(C)(C)C. The van der Waals surface area contributed by atoms with Crippen LogP contribution < -0.4 is 5.32 Å². The molecule has 0 spiro atoms. The third-order valence-electron chi connectivity index (χ3n) is 3.01. The minimum atomic E-state index is 0.245. The molecule has 1 aromatic rings. The first-order valence-corrected chi connectivity index (χ1v) is 6.09. The van der Waals surface area contributed by atoms with Crippen LogP contribution in [0.25, 0.3) is 0 Å². The van der Waals surface area contributed by atoms with Gasteiger partial charge in [0.05, 0.1) is 0 Å². The van der Waals surface area contributed by atoms with Crippen LogP contribution in [0.2, 0.25) is 0 Å². The van der Waals surface area contributed by atoms with Gasteiger partial charge in [-0.1, -0.05) is 34.6 Å². The summed E-state index contributed by atoms with van der Waals surface area (Å²) in [6, 6.07) is 0.435. The highest BCUT2D eigenvalue weighted by atomic mass is 15.2. The highest BCUT2D eigenvalue weighted by Gasteiger charge is 2.23. The monoisotopic (exact) mass is 223 g/mol. The molecular weight excluding hydrogens is 198 g/mol. The smallest absolute Gasteiger partial charge is 0.203 e. The van der Waals surface area contributed by atoms with Crippen LogP contribution in [0.15, 0.2) is 12.4 Å². The van der Waals surface area contributed by atoms with Gasteiger partial charge in [-0.3, -0.25) is 0 Å². The average Bonchev–Trinajstić information content (AvgIpc) is 2.59. The highest BCUT2D eigenvalue weighted by molar-refractivity contribution is 5.26. The van der Waals surface area contributed by atoms with E-state index >= 15 is 0 Å². The molecular formula is C13H25N3. The Bertz CT molecular complexity index is 320. The number of nitrogens with one attached hydrogen (secondary N) is 1. The van der Waals surface area contributed by atoms with Gasteiger partial charge in [0.15, 0.2) is 0 Å². The lowest BCUT2D eigenvalue weighted by Crippen LogP contribution is -2.23. The van der Waals surface area contributed by atoms with Crippen LogP contribution in [0, 0.1) is 11.3 Å². The van der Waals surface area contributed by atoms with E-state index in [-0.39, 0.29) is 5.41 Å². The molecule has 0 saturated carbocycles. The van der Waals surface area contributed by atoms with E-state index in [1.165, 1.54) is 0 Å². The maximum Gasteiger partial charge on any atom is 0.203 e. The first-order valence-electron chi connectivity index (χ1n) is 6.09. The van der Waals surface area contributed by atoms with Gasteiger partial charge in [-0.05, 0) is 18.3 Å². The van der Waals surface area contributed by atoms with Crippen molar-refractivity contribution in [1.82, 2.24) is 9.55 Å². The molecule has 0 fully saturated rings. The number of rotatable bonds is 4. The maximum atomic E-state index is 4.37. The van der Waals surface area contributed by atoms with Crippen molar-refractivity contribution in [3.05, 3.63) is 12.4 Å². The van der Waals surface area contributed by atoms with Crippen LogP contribution in [0.4, 0.5) is 5.95 Å². The Morgan fingerprint density at radius 3 is 2.44 bits per heavy atom. The van der Waals surface area contributed by atoms with Crippen molar-refractivity contribution < 1.29 is 0 Å². The summed E-state index contributed by atoms with van der Waals surface area (Å²) in [7, 11) is 0. The molecule has 0 amide bonds. The minimum absolute atomic E-state index is 0.245. The summed E-state index contributed by atoms with van der Waals surface area (Å²) in [4.78, 5) is 4.37. The first kappa shape index (κ1) is 13.1. The summed E-state index contributed by atoms with van der Waals surface area (Å²) in [6.45, 7) is 14.4. The third kappa shape index (κ3) is 3.26. The number of nitrogens with zero attached hydrogens (tertiary/aromatic N) is 2. The molecule has 1 rings (SSSR count). The van der Waals surface area contributed by atoms with Gasteiger partial charge < -0.3 is 9.88 Å². The van der Waals surface area contributed by atoms with E-state index < -0.39 is 0 Å². The van der Waals surface area contributed by atoms with Crippen LogP contribution in [-0.4, -0.2) is 16.1 Å². The Morgan fingerprint density at radius 1 is 1.31 bits per heavy atom. The zero-order valence-electron chi connectivity index (χ0n) is 11.4. The number of anilines is 1. The van der Waals surface area contributed by atoms with Gasteiger partial charge in [-0.25, -0.2) is 4.98 Å². The second kappa shape index (κ2) is 4.89. The molecule has 0 aliphatic rings. The van der Waals surface area contributed by atoms with E-state index in [9.17, 15) is 0 Å². The molecule has 0 aliphatic carbocycles. The third-order valence-corrected chi connectivity index (χ3v) is 3.01. The van der Waals surface area contributed by atoms with Crippen molar-refractivity contribution in [3.63, 3.8) is 0 Å².